The van der Waals surface area contributed by atoms with Gasteiger partial charge in [0.05, 0.1) is 12.6 Å². The zero-order valence-corrected chi connectivity index (χ0v) is 14.0. The minimum absolute atomic E-state index is 0.00354. The molecule has 1 atom stereocenters. The van der Waals surface area contributed by atoms with Gasteiger partial charge in [-0.25, -0.2) is 0 Å². The molecule has 0 radical (unpaired) electrons. The van der Waals surface area contributed by atoms with E-state index in [-0.39, 0.29) is 6.04 Å². The summed E-state index contributed by atoms with van der Waals surface area (Å²) in [6, 6.07) is 6.11. The van der Waals surface area contributed by atoms with E-state index in [1.165, 1.54) is 5.56 Å². The lowest BCUT2D eigenvalue weighted by Crippen LogP contribution is -2.43. The molecule has 1 aliphatic heterocycles. The summed E-state index contributed by atoms with van der Waals surface area (Å²) in [5, 5.41) is 5.29. The lowest BCUT2D eigenvalue weighted by atomic mass is 10.0. The zero-order valence-electron chi connectivity index (χ0n) is 14.0. The first-order chi connectivity index (χ1) is 11.0. The first kappa shape index (κ1) is 17.3. The number of nitrogens with one attached hydrogen (secondary N) is 2. The van der Waals surface area contributed by atoms with Crippen LogP contribution >= 0.6 is 0 Å². The molecule has 6 heteroatoms. The molecule has 0 spiro atoms. The average Bonchev–Trinajstić information content (AvgIpc) is 2.99. The molecule has 6 nitrogen and oxygen atoms in total. The Hall–Kier alpha value is -2.08. The van der Waals surface area contributed by atoms with Crippen molar-refractivity contribution in [2.24, 2.45) is 0 Å². The molecule has 1 aromatic rings. The Morgan fingerprint density at radius 3 is 2.70 bits per heavy atom. The fourth-order valence-corrected chi connectivity index (χ4v) is 2.60. The molecule has 0 fully saturated rings. The Bertz CT molecular complexity index is 572. The van der Waals surface area contributed by atoms with E-state index in [4.69, 9.17) is 4.74 Å². The number of benzene rings is 1. The summed E-state index contributed by atoms with van der Waals surface area (Å²) in [5.41, 5.74) is 2.30. The van der Waals surface area contributed by atoms with E-state index in [1.54, 1.807) is 0 Å². The second-order valence-electron chi connectivity index (χ2n) is 5.91. The van der Waals surface area contributed by atoms with Crippen LogP contribution in [0.2, 0.25) is 0 Å². The topological polar surface area (TPSA) is 70.7 Å². The molecule has 1 heterocycles. The normalized spacial score (nSPS) is 14.1. The third-order valence-corrected chi connectivity index (χ3v) is 3.92. The van der Waals surface area contributed by atoms with E-state index in [2.05, 4.69) is 16.7 Å². The number of amides is 2. The van der Waals surface area contributed by atoms with Gasteiger partial charge >= 0.3 is 11.8 Å². The molecule has 1 unspecified atom stereocenters. The molecule has 0 saturated heterocycles. The van der Waals surface area contributed by atoms with Crippen LogP contribution in [0.25, 0.3) is 0 Å². The van der Waals surface area contributed by atoms with Crippen molar-refractivity contribution in [2.75, 3.05) is 33.8 Å². The Morgan fingerprint density at radius 2 is 2.00 bits per heavy atom. The SMILES string of the molecule is CCCNC(=O)C(=O)NCC(c1ccc2c(c1)CCO2)N(C)C. The summed E-state index contributed by atoms with van der Waals surface area (Å²) in [7, 11) is 3.91. The number of hydrogen-bond donors (Lipinski definition) is 2. The van der Waals surface area contributed by atoms with Crippen molar-refractivity contribution in [3.63, 3.8) is 0 Å². The number of carbonyl (C=O) groups excluding carboxylic acids is 2. The van der Waals surface area contributed by atoms with Crippen molar-refractivity contribution in [1.82, 2.24) is 15.5 Å². The first-order valence-electron chi connectivity index (χ1n) is 8.01. The molecule has 126 valence electrons. The summed E-state index contributed by atoms with van der Waals surface area (Å²) in [6.07, 6.45) is 1.71. The van der Waals surface area contributed by atoms with Crippen LogP contribution < -0.4 is 15.4 Å². The van der Waals surface area contributed by atoms with Crippen molar-refractivity contribution in [3.05, 3.63) is 29.3 Å². The minimum Gasteiger partial charge on any atom is -0.493 e. The molecule has 1 aromatic carbocycles. The average molecular weight is 319 g/mol. The van der Waals surface area contributed by atoms with E-state index >= 15 is 0 Å². The van der Waals surface area contributed by atoms with Crippen LogP contribution in [-0.2, 0) is 16.0 Å². The van der Waals surface area contributed by atoms with E-state index in [0.717, 1.165) is 30.8 Å². The van der Waals surface area contributed by atoms with Crippen LogP contribution in [0.5, 0.6) is 5.75 Å². The maximum absolute atomic E-state index is 11.8. The fourth-order valence-electron chi connectivity index (χ4n) is 2.60. The van der Waals surface area contributed by atoms with Crippen LogP contribution in [0, 0.1) is 0 Å². The van der Waals surface area contributed by atoms with Crippen LogP contribution in [0.15, 0.2) is 18.2 Å². The van der Waals surface area contributed by atoms with Gasteiger partial charge in [-0.05, 0) is 37.7 Å². The highest BCUT2D eigenvalue weighted by Gasteiger charge is 2.20. The van der Waals surface area contributed by atoms with Gasteiger partial charge in [-0.1, -0.05) is 19.1 Å². The summed E-state index contributed by atoms with van der Waals surface area (Å²) in [4.78, 5) is 25.5. The molecule has 2 rings (SSSR count). The van der Waals surface area contributed by atoms with E-state index in [0.29, 0.717) is 13.1 Å². The van der Waals surface area contributed by atoms with Crippen LogP contribution in [0.1, 0.15) is 30.5 Å². The van der Waals surface area contributed by atoms with Gasteiger partial charge in [0.25, 0.3) is 0 Å². The van der Waals surface area contributed by atoms with E-state index < -0.39 is 11.8 Å². The number of rotatable bonds is 6. The summed E-state index contributed by atoms with van der Waals surface area (Å²) in [6.45, 7) is 3.55. The van der Waals surface area contributed by atoms with E-state index in [1.807, 2.05) is 38.1 Å². The highest BCUT2D eigenvalue weighted by molar-refractivity contribution is 6.35. The third-order valence-electron chi connectivity index (χ3n) is 3.92. The second-order valence-corrected chi connectivity index (χ2v) is 5.91. The number of nitrogens with zero attached hydrogens (tertiary/aromatic N) is 1. The number of likely N-dealkylation sites (N-methyl/N-ethyl adjacent to an activating group) is 1. The molecular formula is C17H25N3O3. The molecule has 2 N–H and O–H groups in total. The Morgan fingerprint density at radius 1 is 1.26 bits per heavy atom. The monoisotopic (exact) mass is 319 g/mol. The second kappa shape index (κ2) is 7.97. The van der Waals surface area contributed by atoms with Crippen molar-refractivity contribution in [1.29, 1.82) is 0 Å². The molecule has 0 aliphatic carbocycles. The van der Waals surface area contributed by atoms with Gasteiger partial charge in [-0.2, -0.15) is 0 Å². The Kier molecular flexibility index (Phi) is 5.98. The van der Waals surface area contributed by atoms with Gasteiger partial charge in [0.1, 0.15) is 5.75 Å². The predicted octanol–water partition coefficient (Wildman–Crippen LogP) is 0.867. The highest BCUT2D eigenvalue weighted by atomic mass is 16.5. The standard InChI is InChI=1S/C17H25N3O3/c1-4-8-18-16(21)17(22)19-11-14(20(2)3)12-5-6-15-13(10-12)7-9-23-15/h5-6,10,14H,4,7-9,11H2,1-3H3,(H,18,21)(H,19,22). The maximum Gasteiger partial charge on any atom is 0.309 e. The van der Waals surface area contributed by atoms with Crippen molar-refractivity contribution in [2.45, 2.75) is 25.8 Å². The molecule has 0 aromatic heterocycles. The maximum atomic E-state index is 11.8. The third kappa shape index (κ3) is 4.45. The van der Waals surface area contributed by atoms with Gasteiger partial charge in [0.2, 0.25) is 0 Å². The lowest BCUT2D eigenvalue weighted by Gasteiger charge is -2.25. The van der Waals surface area contributed by atoms with Crippen LogP contribution in [-0.4, -0.2) is 50.5 Å². The number of fused-ring (bicyclic) bond motifs is 1. The van der Waals surface area contributed by atoms with Gasteiger partial charge in [-0.15, -0.1) is 0 Å². The van der Waals surface area contributed by atoms with Gasteiger partial charge < -0.3 is 20.3 Å². The lowest BCUT2D eigenvalue weighted by molar-refractivity contribution is -0.139. The largest absolute Gasteiger partial charge is 0.493 e. The number of hydrogen-bond acceptors (Lipinski definition) is 4. The minimum atomic E-state index is -0.588. The smallest absolute Gasteiger partial charge is 0.309 e. The van der Waals surface area contributed by atoms with Crippen LogP contribution in [0.3, 0.4) is 0 Å². The van der Waals surface area contributed by atoms with E-state index in [9.17, 15) is 9.59 Å². The first-order valence-corrected chi connectivity index (χ1v) is 8.01. The summed E-state index contributed by atoms with van der Waals surface area (Å²) in [5.74, 6) is -0.226. The van der Waals surface area contributed by atoms with Crippen LogP contribution in [0.4, 0.5) is 0 Å². The fraction of sp³-hybridized carbons (Fsp3) is 0.529. The molecule has 2 amide bonds. The van der Waals surface area contributed by atoms with Crippen molar-refractivity contribution < 1.29 is 14.3 Å². The molecule has 0 saturated carbocycles. The molecule has 1 aliphatic rings. The van der Waals surface area contributed by atoms with Crippen molar-refractivity contribution >= 4 is 11.8 Å². The highest BCUT2D eigenvalue weighted by Crippen LogP contribution is 2.29. The number of ether oxygens (including phenoxy) is 1. The Balaban J connectivity index is 1.99. The molecule has 0 bridgehead atoms. The summed E-state index contributed by atoms with van der Waals surface area (Å²) < 4.78 is 5.52. The molecule has 23 heavy (non-hydrogen) atoms. The van der Waals surface area contributed by atoms with Gasteiger partial charge in [0, 0.05) is 19.5 Å². The quantitative estimate of drug-likeness (QED) is 0.763. The Labute approximate surface area is 137 Å². The van der Waals surface area contributed by atoms with Crippen molar-refractivity contribution in [3.8, 4) is 5.75 Å². The predicted molar refractivity (Wildman–Crippen MR) is 88.4 cm³/mol. The van der Waals surface area contributed by atoms with Gasteiger partial charge in [-0.3, -0.25) is 9.59 Å². The zero-order chi connectivity index (χ0) is 16.8. The summed E-state index contributed by atoms with van der Waals surface area (Å²) >= 11 is 0. The number of carbonyl (C=O) groups is 2. The molecular weight excluding hydrogens is 294 g/mol. The van der Waals surface area contributed by atoms with Gasteiger partial charge in [0.15, 0.2) is 0 Å².